The molecule has 2 saturated carbocycles. The topological polar surface area (TPSA) is 60.8 Å². The minimum Gasteiger partial charge on any atom is -0.390 e. The normalized spacial score (nSPS) is 25.1. The Morgan fingerprint density at radius 3 is 1.83 bits per heavy atom. The maximum Gasteiger partial charge on any atom is 0.421 e. The zero-order chi connectivity index (χ0) is 25.6. The van der Waals surface area contributed by atoms with Gasteiger partial charge in [0.05, 0.1) is 5.60 Å². The lowest BCUT2D eigenvalue weighted by Crippen LogP contribution is -2.53. The van der Waals surface area contributed by atoms with Crippen LogP contribution in [0.3, 0.4) is 0 Å². The number of nitrogens with zero attached hydrogens (tertiary/aromatic N) is 1. The number of hydrogen-bond donors (Lipinski definition) is 2. The summed E-state index contributed by atoms with van der Waals surface area (Å²) in [4.78, 5) is 15.4. The van der Waals surface area contributed by atoms with Crippen LogP contribution in [0.15, 0.2) is 54.6 Å². The van der Waals surface area contributed by atoms with E-state index in [1.165, 1.54) is 24.3 Å². The van der Waals surface area contributed by atoms with Crippen LogP contribution >= 0.6 is 0 Å². The van der Waals surface area contributed by atoms with Crippen molar-refractivity contribution < 1.29 is 28.2 Å². The van der Waals surface area contributed by atoms with Crippen LogP contribution in [-0.4, -0.2) is 44.9 Å². The summed E-state index contributed by atoms with van der Waals surface area (Å²) in [5, 5.41) is 21.1. The smallest absolute Gasteiger partial charge is 0.390 e. The molecule has 4 rings (SSSR count). The summed E-state index contributed by atoms with van der Waals surface area (Å²) in [6.45, 7) is 4.41. The molecule has 2 fully saturated rings. The van der Waals surface area contributed by atoms with E-state index in [0.29, 0.717) is 12.5 Å². The van der Waals surface area contributed by atoms with Crippen LogP contribution < -0.4 is 0 Å². The molecule has 0 bridgehead atoms. The average molecular weight is 490 g/mol. The molecule has 0 heterocycles. The van der Waals surface area contributed by atoms with Crippen LogP contribution in [0.2, 0.25) is 0 Å². The molecular formula is C28H34F3NO3. The first-order chi connectivity index (χ1) is 16.3. The van der Waals surface area contributed by atoms with E-state index in [-0.39, 0.29) is 23.6 Å². The molecule has 0 unspecified atom stereocenters. The number of benzene rings is 2. The van der Waals surface area contributed by atoms with Crippen LogP contribution in [0.4, 0.5) is 13.2 Å². The van der Waals surface area contributed by atoms with E-state index < -0.39 is 22.8 Å². The molecule has 2 aromatic rings. The maximum absolute atomic E-state index is 13.5. The van der Waals surface area contributed by atoms with Crippen molar-refractivity contribution in [3.63, 3.8) is 0 Å². The highest BCUT2D eigenvalue weighted by molar-refractivity contribution is 5.95. The Kier molecular flexibility index (Phi) is 6.56. The Morgan fingerprint density at radius 2 is 1.37 bits per heavy atom. The zero-order valence-corrected chi connectivity index (χ0v) is 20.5. The van der Waals surface area contributed by atoms with E-state index in [2.05, 4.69) is 12.1 Å². The number of hydrogen-bond acceptors (Lipinski definition) is 3. The Morgan fingerprint density at radius 1 is 0.857 bits per heavy atom. The van der Waals surface area contributed by atoms with Gasteiger partial charge in [-0.15, -0.1) is 0 Å². The molecule has 7 heteroatoms. The highest BCUT2D eigenvalue weighted by atomic mass is 19.4. The molecule has 0 aliphatic heterocycles. The Hall–Kier alpha value is -2.38. The van der Waals surface area contributed by atoms with Crippen LogP contribution in [0.25, 0.3) is 0 Å². The number of rotatable bonds is 6. The standard InChI is InChI=1S/C28H34F3NO3/c1-25(2,34)27(21-7-5-4-6-8-21)17-15-23(16-18-27)32(22-13-14-22)24(33)19-9-11-20(12-10-19)26(3,35)28(29,30)31/h4-12,22-23,34-35H,13-18H2,1-3H3/t23-,26-,27+/m0/s1. The monoisotopic (exact) mass is 489 g/mol. The van der Waals surface area contributed by atoms with Crippen LogP contribution in [0.5, 0.6) is 0 Å². The molecular weight excluding hydrogens is 455 g/mol. The van der Waals surface area contributed by atoms with Crippen molar-refractivity contribution >= 4 is 5.91 Å². The number of carbonyl (C=O) groups excluding carboxylic acids is 1. The molecule has 2 aromatic carbocycles. The number of halogens is 3. The summed E-state index contributed by atoms with van der Waals surface area (Å²) in [6, 6.07) is 15.3. The van der Waals surface area contributed by atoms with Gasteiger partial charge in [0.2, 0.25) is 0 Å². The largest absolute Gasteiger partial charge is 0.421 e. The molecule has 190 valence electrons. The first-order valence-electron chi connectivity index (χ1n) is 12.3. The Labute approximate surface area is 204 Å². The molecule has 4 nitrogen and oxygen atoms in total. The summed E-state index contributed by atoms with van der Waals surface area (Å²) >= 11 is 0. The van der Waals surface area contributed by atoms with Gasteiger partial charge in [-0.25, -0.2) is 0 Å². The van der Waals surface area contributed by atoms with E-state index in [9.17, 15) is 28.2 Å². The summed E-state index contributed by atoms with van der Waals surface area (Å²) in [7, 11) is 0. The lowest BCUT2D eigenvalue weighted by Gasteiger charge is -2.50. The van der Waals surface area contributed by atoms with Gasteiger partial charge in [0.25, 0.3) is 5.91 Å². The van der Waals surface area contributed by atoms with Gasteiger partial charge in [0.15, 0.2) is 5.60 Å². The second-order valence-corrected chi connectivity index (χ2v) is 10.8. The molecule has 0 spiro atoms. The van der Waals surface area contributed by atoms with Crippen molar-refractivity contribution in [1.82, 2.24) is 4.90 Å². The van der Waals surface area contributed by atoms with Crippen molar-refractivity contribution in [3.8, 4) is 0 Å². The van der Waals surface area contributed by atoms with E-state index in [0.717, 1.165) is 44.1 Å². The average Bonchev–Trinajstić information content (AvgIpc) is 3.64. The van der Waals surface area contributed by atoms with E-state index in [1.807, 2.05) is 36.9 Å². The number of aliphatic hydroxyl groups is 2. The quantitative estimate of drug-likeness (QED) is 0.546. The third-order valence-electron chi connectivity index (χ3n) is 8.12. The Bertz CT molecular complexity index is 1030. The van der Waals surface area contributed by atoms with E-state index in [4.69, 9.17) is 0 Å². The highest BCUT2D eigenvalue weighted by Gasteiger charge is 2.52. The van der Waals surface area contributed by atoms with Crippen molar-refractivity contribution in [2.75, 3.05) is 0 Å². The summed E-state index contributed by atoms with van der Waals surface area (Å²) in [6.07, 6.45) is -0.0443. The molecule has 0 aromatic heterocycles. The first-order valence-corrected chi connectivity index (χ1v) is 12.3. The fourth-order valence-electron chi connectivity index (χ4n) is 5.62. The number of amides is 1. The minimum atomic E-state index is -4.81. The Balaban J connectivity index is 1.54. The molecule has 2 aliphatic rings. The fraction of sp³-hybridized carbons (Fsp3) is 0.536. The molecule has 1 atom stereocenters. The molecule has 35 heavy (non-hydrogen) atoms. The van der Waals surface area contributed by atoms with Gasteiger partial charge >= 0.3 is 6.18 Å². The van der Waals surface area contributed by atoms with Gasteiger partial charge < -0.3 is 15.1 Å². The molecule has 0 radical (unpaired) electrons. The number of carbonyl (C=O) groups is 1. The lowest BCUT2D eigenvalue weighted by molar-refractivity contribution is -0.258. The van der Waals surface area contributed by atoms with Crippen LogP contribution in [-0.2, 0) is 11.0 Å². The third kappa shape index (κ3) is 4.73. The van der Waals surface area contributed by atoms with Gasteiger partial charge in [0.1, 0.15) is 0 Å². The maximum atomic E-state index is 13.5. The van der Waals surface area contributed by atoms with Crippen molar-refractivity contribution in [2.45, 2.75) is 94.2 Å². The van der Waals surface area contributed by atoms with E-state index >= 15 is 0 Å². The number of alkyl halides is 3. The molecule has 1 amide bonds. The zero-order valence-electron chi connectivity index (χ0n) is 20.5. The van der Waals surface area contributed by atoms with Crippen molar-refractivity contribution in [2.24, 2.45) is 0 Å². The predicted molar refractivity (Wildman–Crippen MR) is 128 cm³/mol. The van der Waals surface area contributed by atoms with E-state index in [1.54, 1.807) is 0 Å². The van der Waals surface area contributed by atoms with Gasteiger partial charge in [-0.2, -0.15) is 13.2 Å². The van der Waals surface area contributed by atoms with Crippen LogP contribution in [0.1, 0.15) is 80.8 Å². The lowest BCUT2D eigenvalue weighted by atomic mass is 9.60. The van der Waals surface area contributed by atoms with Gasteiger partial charge in [-0.3, -0.25) is 4.79 Å². The molecule has 2 aliphatic carbocycles. The first kappa shape index (κ1) is 25.7. The van der Waals surface area contributed by atoms with Gasteiger partial charge in [-0.05, 0) is 82.6 Å². The summed E-state index contributed by atoms with van der Waals surface area (Å²) in [5.74, 6) is -0.189. The van der Waals surface area contributed by atoms with Gasteiger partial charge in [0, 0.05) is 23.1 Å². The molecule has 2 N–H and O–H groups in total. The SMILES string of the molecule is CC(C)(O)[C@]1(c2ccccc2)CC[C@H](N(C(=O)c2ccc([C@](C)(O)C(F)(F)F)cc2)C2CC2)CC1. The second-order valence-electron chi connectivity index (χ2n) is 10.8. The van der Waals surface area contributed by atoms with Crippen molar-refractivity contribution in [1.29, 1.82) is 0 Å². The fourth-order valence-corrected chi connectivity index (χ4v) is 5.62. The summed E-state index contributed by atoms with van der Waals surface area (Å²) in [5.41, 5.74) is -3.20. The van der Waals surface area contributed by atoms with Crippen LogP contribution in [0, 0.1) is 0 Å². The van der Waals surface area contributed by atoms with Crippen molar-refractivity contribution in [3.05, 3.63) is 71.3 Å². The third-order valence-corrected chi connectivity index (χ3v) is 8.12. The molecule has 0 saturated heterocycles. The second kappa shape index (κ2) is 8.93. The predicted octanol–water partition coefficient (Wildman–Crippen LogP) is 5.71. The van der Waals surface area contributed by atoms with Gasteiger partial charge in [-0.1, -0.05) is 42.5 Å². The summed E-state index contributed by atoms with van der Waals surface area (Å²) < 4.78 is 39.6. The highest BCUT2D eigenvalue weighted by Crippen LogP contribution is 2.49. The minimum absolute atomic E-state index is 0.00662.